The van der Waals surface area contributed by atoms with Gasteiger partial charge in [0.2, 0.25) is 0 Å². The van der Waals surface area contributed by atoms with Crippen LogP contribution in [-0.4, -0.2) is 39.3 Å². The maximum atomic E-state index is 4.54. The minimum absolute atomic E-state index is 0.558. The molecular formula is C16H26N4. The zero-order valence-electron chi connectivity index (χ0n) is 12.6. The molecule has 0 aliphatic carbocycles. The zero-order chi connectivity index (χ0) is 13.9. The summed E-state index contributed by atoms with van der Waals surface area (Å²) in [6.45, 7) is 10.6. The minimum Gasteiger partial charge on any atom is -0.315 e. The van der Waals surface area contributed by atoms with E-state index >= 15 is 0 Å². The van der Waals surface area contributed by atoms with E-state index in [1.54, 1.807) is 0 Å². The van der Waals surface area contributed by atoms with Gasteiger partial charge in [-0.1, -0.05) is 18.6 Å². The molecule has 0 radical (unpaired) electrons. The van der Waals surface area contributed by atoms with Gasteiger partial charge in [-0.3, -0.25) is 4.90 Å². The van der Waals surface area contributed by atoms with Crippen molar-refractivity contribution in [2.45, 2.75) is 57.9 Å². The van der Waals surface area contributed by atoms with E-state index in [2.05, 4.69) is 33.2 Å². The van der Waals surface area contributed by atoms with Gasteiger partial charge in [0.1, 0.15) is 11.6 Å². The molecular weight excluding hydrogens is 248 g/mol. The van der Waals surface area contributed by atoms with Crippen molar-refractivity contribution in [2.75, 3.05) is 19.6 Å². The van der Waals surface area contributed by atoms with Crippen molar-refractivity contribution in [2.24, 2.45) is 0 Å². The highest BCUT2D eigenvalue weighted by atomic mass is 15.3. The number of hydrogen-bond acceptors (Lipinski definition) is 3. The summed E-state index contributed by atoms with van der Waals surface area (Å²) in [5, 5.41) is 9.00. The first-order valence-corrected chi connectivity index (χ1v) is 8.03. The molecule has 3 rings (SSSR count). The molecule has 3 heterocycles. The first-order chi connectivity index (χ1) is 9.74. The molecule has 20 heavy (non-hydrogen) atoms. The third-order valence-corrected chi connectivity index (χ3v) is 4.50. The van der Waals surface area contributed by atoms with Gasteiger partial charge in [0, 0.05) is 32.0 Å². The Morgan fingerprint density at radius 1 is 1.20 bits per heavy atom. The molecule has 0 aromatic carbocycles. The molecule has 1 fully saturated rings. The summed E-state index contributed by atoms with van der Waals surface area (Å²) in [4.78, 5) is 2.52. The maximum Gasteiger partial charge on any atom is 0.137 e. The van der Waals surface area contributed by atoms with E-state index in [1.807, 2.05) is 0 Å². The fraction of sp³-hybridized carbons (Fsp3) is 0.750. The quantitative estimate of drug-likeness (QED) is 0.795. The summed E-state index contributed by atoms with van der Waals surface area (Å²) in [6, 6.07) is 0. The lowest BCUT2D eigenvalue weighted by molar-refractivity contribution is 0.217. The van der Waals surface area contributed by atoms with Crippen LogP contribution in [0.4, 0.5) is 0 Å². The Kier molecular flexibility index (Phi) is 4.20. The van der Waals surface area contributed by atoms with Crippen LogP contribution in [0.15, 0.2) is 12.2 Å². The third kappa shape index (κ3) is 2.95. The Hall–Kier alpha value is -1.16. The molecule has 1 aromatic rings. The molecule has 0 amide bonds. The lowest BCUT2D eigenvalue weighted by Crippen LogP contribution is -2.36. The molecule has 2 aliphatic heterocycles. The molecule has 2 aliphatic rings. The Balaban J connectivity index is 1.75. The van der Waals surface area contributed by atoms with Crippen LogP contribution in [0.1, 0.15) is 56.6 Å². The van der Waals surface area contributed by atoms with Gasteiger partial charge in [0.05, 0.1) is 0 Å². The Labute approximate surface area is 121 Å². The number of aromatic nitrogens is 3. The van der Waals surface area contributed by atoms with E-state index in [4.69, 9.17) is 0 Å². The fourth-order valence-electron chi connectivity index (χ4n) is 3.60. The minimum atomic E-state index is 0.558. The average molecular weight is 274 g/mol. The number of rotatable bonds is 3. The molecule has 1 saturated heterocycles. The second-order valence-electron chi connectivity index (χ2n) is 6.47. The molecule has 0 N–H and O–H groups in total. The first-order valence-electron chi connectivity index (χ1n) is 8.03. The molecule has 4 nitrogen and oxygen atoms in total. The number of piperidine rings is 1. The Morgan fingerprint density at radius 3 is 2.95 bits per heavy atom. The molecule has 1 unspecified atom stereocenters. The van der Waals surface area contributed by atoms with Crippen molar-refractivity contribution in [3.8, 4) is 0 Å². The van der Waals surface area contributed by atoms with Crippen LogP contribution in [0.3, 0.4) is 0 Å². The Morgan fingerprint density at radius 2 is 2.10 bits per heavy atom. The third-order valence-electron chi connectivity index (χ3n) is 4.50. The summed E-state index contributed by atoms with van der Waals surface area (Å²) in [5.41, 5.74) is 1.26. The molecule has 0 bridgehead atoms. The van der Waals surface area contributed by atoms with E-state index in [0.29, 0.717) is 5.92 Å². The second kappa shape index (κ2) is 6.08. The van der Waals surface area contributed by atoms with Gasteiger partial charge in [0.15, 0.2) is 0 Å². The van der Waals surface area contributed by atoms with Crippen molar-refractivity contribution in [1.82, 2.24) is 19.7 Å². The van der Waals surface area contributed by atoms with E-state index < -0.39 is 0 Å². The van der Waals surface area contributed by atoms with E-state index in [1.165, 1.54) is 55.9 Å². The van der Waals surface area contributed by atoms with Crippen molar-refractivity contribution in [3.05, 3.63) is 23.8 Å². The number of nitrogens with zero attached hydrogens (tertiary/aromatic N) is 4. The first kappa shape index (κ1) is 13.8. The van der Waals surface area contributed by atoms with Gasteiger partial charge in [-0.15, -0.1) is 10.2 Å². The number of aryl methyl sites for hydroxylation is 1. The van der Waals surface area contributed by atoms with Crippen LogP contribution in [-0.2, 0) is 13.0 Å². The van der Waals surface area contributed by atoms with Crippen LogP contribution in [0.2, 0.25) is 0 Å². The topological polar surface area (TPSA) is 34.0 Å². The number of likely N-dealkylation sites (tertiary alicyclic amines) is 1. The number of hydrogen-bond donors (Lipinski definition) is 0. The van der Waals surface area contributed by atoms with Gasteiger partial charge in [-0.25, -0.2) is 0 Å². The van der Waals surface area contributed by atoms with Crippen molar-refractivity contribution >= 4 is 0 Å². The fourth-order valence-corrected chi connectivity index (χ4v) is 3.60. The lowest BCUT2D eigenvalue weighted by Gasteiger charge is -2.32. The van der Waals surface area contributed by atoms with Crippen molar-refractivity contribution < 1.29 is 0 Å². The molecule has 4 heteroatoms. The summed E-state index contributed by atoms with van der Waals surface area (Å²) in [5.74, 6) is 3.02. The van der Waals surface area contributed by atoms with Crippen molar-refractivity contribution in [1.29, 1.82) is 0 Å². The summed E-state index contributed by atoms with van der Waals surface area (Å²) in [7, 11) is 0. The molecule has 0 saturated carbocycles. The zero-order valence-corrected chi connectivity index (χ0v) is 12.6. The normalized spacial score (nSPS) is 24.1. The largest absolute Gasteiger partial charge is 0.315 e. The van der Waals surface area contributed by atoms with E-state index in [0.717, 1.165) is 26.1 Å². The molecule has 1 aromatic heterocycles. The summed E-state index contributed by atoms with van der Waals surface area (Å²) in [6.07, 6.45) is 7.50. The van der Waals surface area contributed by atoms with E-state index in [-0.39, 0.29) is 0 Å². The monoisotopic (exact) mass is 274 g/mol. The molecule has 1 atom stereocenters. The highest BCUT2D eigenvalue weighted by Crippen LogP contribution is 2.28. The van der Waals surface area contributed by atoms with Crippen LogP contribution < -0.4 is 0 Å². The smallest absolute Gasteiger partial charge is 0.137 e. The highest BCUT2D eigenvalue weighted by Gasteiger charge is 2.27. The summed E-state index contributed by atoms with van der Waals surface area (Å²) >= 11 is 0. The van der Waals surface area contributed by atoms with E-state index in [9.17, 15) is 0 Å². The van der Waals surface area contributed by atoms with Crippen LogP contribution in [0.25, 0.3) is 0 Å². The summed E-state index contributed by atoms with van der Waals surface area (Å²) < 4.78 is 2.42. The van der Waals surface area contributed by atoms with Crippen molar-refractivity contribution in [3.63, 3.8) is 0 Å². The predicted octanol–water partition coefficient (Wildman–Crippen LogP) is 2.76. The molecule has 0 spiro atoms. The second-order valence-corrected chi connectivity index (χ2v) is 6.47. The lowest BCUT2D eigenvalue weighted by atomic mass is 9.96. The standard InChI is InChI=1S/C16H26N4/c1-13(2)11-19-9-6-7-14(12-19)16-18-17-15-8-4-3-5-10-20(15)16/h14H,1,3-12H2,2H3. The average Bonchev–Trinajstić information content (AvgIpc) is 2.67. The Bertz CT molecular complexity index is 477. The molecule has 110 valence electrons. The van der Waals surface area contributed by atoms with Gasteiger partial charge in [-0.2, -0.15) is 0 Å². The highest BCUT2D eigenvalue weighted by molar-refractivity contribution is 5.06. The SMILES string of the molecule is C=C(C)CN1CCCC(c2nnc3n2CCCCC3)C1. The predicted molar refractivity (Wildman–Crippen MR) is 80.8 cm³/mol. The number of fused-ring (bicyclic) bond motifs is 1. The van der Waals surface area contributed by atoms with Gasteiger partial charge < -0.3 is 4.57 Å². The van der Waals surface area contributed by atoms with Crippen LogP contribution in [0.5, 0.6) is 0 Å². The van der Waals surface area contributed by atoms with Crippen LogP contribution in [0, 0.1) is 0 Å². The van der Waals surface area contributed by atoms with Gasteiger partial charge in [0.25, 0.3) is 0 Å². The van der Waals surface area contributed by atoms with Gasteiger partial charge >= 0.3 is 0 Å². The van der Waals surface area contributed by atoms with Crippen LogP contribution >= 0.6 is 0 Å². The van der Waals surface area contributed by atoms with Gasteiger partial charge in [-0.05, 0) is 39.2 Å². The maximum absolute atomic E-state index is 4.54.